The maximum Gasteiger partial charge on any atom is 0.306 e. The summed E-state index contributed by atoms with van der Waals surface area (Å²) < 4.78 is 22.8. The van der Waals surface area contributed by atoms with Crippen molar-refractivity contribution in [1.29, 1.82) is 0 Å². The van der Waals surface area contributed by atoms with Gasteiger partial charge in [-0.25, -0.2) is 0 Å². The molecule has 4 N–H and O–H groups in total. The van der Waals surface area contributed by atoms with E-state index in [1.54, 1.807) is 0 Å². The zero-order valence-corrected chi connectivity index (χ0v) is 38.3. The van der Waals surface area contributed by atoms with Gasteiger partial charge in [0.25, 0.3) is 0 Å². The van der Waals surface area contributed by atoms with E-state index in [0.717, 1.165) is 116 Å². The van der Waals surface area contributed by atoms with E-state index in [1.165, 1.54) is 0 Å². The minimum absolute atomic E-state index is 0.106. The van der Waals surface area contributed by atoms with Gasteiger partial charge in [-0.2, -0.15) is 0 Å². The molecule has 0 radical (unpaired) electrons. The van der Waals surface area contributed by atoms with Crippen molar-refractivity contribution in [2.75, 3.05) is 26.4 Å². The Hall–Kier alpha value is -3.41. The van der Waals surface area contributed by atoms with Crippen molar-refractivity contribution in [2.24, 2.45) is 0 Å². The number of esters is 1. The van der Waals surface area contributed by atoms with E-state index in [-0.39, 0.29) is 25.6 Å². The molecule has 9 nitrogen and oxygen atoms in total. The fourth-order valence-corrected chi connectivity index (χ4v) is 6.25. The molecule has 0 bridgehead atoms. The van der Waals surface area contributed by atoms with Gasteiger partial charge in [0, 0.05) is 13.0 Å². The molecule has 1 aliphatic rings. The summed E-state index contributed by atoms with van der Waals surface area (Å²) in [7, 11) is 0. The summed E-state index contributed by atoms with van der Waals surface area (Å²) in [5.41, 5.74) is 0. The number of hydrogen-bond donors (Lipinski definition) is 4. The molecule has 1 aliphatic heterocycles. The van der Waals surface area contributed by atoms with Crippen molar-refractivity contribution < 1.29 is 44.2 Å². The summed E-state index contributed by atoms with van der Waals surface area (Å²) >= 11 is 0. The molecule has 6 unspecified atom stereocenters. The molecule has 0 aliphatic carbocycles. The van der Waals surface area contributed by atoms with Gasteiger partial charge in [-0.3, -0.25) is 4.79 Å². The lowest BCUT2D eigenvalue weighted by molar-refractivity contribution is -0.305. The minimum Gasteiger partial charge on any atom is -0.457 e. The van der Waals surface area contributed by atoms with E-state index in [2.05, 4.69) is 135 Å². The third-order valence-electron chi connectivity index (χ3n) is 9.87. The topological polar surface area (TPSA) is 135 Å². The second-order valence-corrected chi connectivity index (χ2v) is 15.4. The van der Waals surface area contributed by atoms with Crippen molar-refractivity contribution >= 4 is 5.97 Å². The number of carbonyl (C=O) groups is 1. The van der Waals surface area contributed by atoms with Crippen molar-refractivity contribution in [1.82, 2.24) is 0 Å². The lowest BCUT2D eigenvalue weighted by atomic mass is 9.99. The Kier molecular flexibility index (Phi) is 39.1. The van der Waals surface area contributed by atoms with Crippen molar-refractivity contribution in [3.8, 4) is 0 Å². The van der Waals surface area contributed by atoms with E-state index >= 15 is 0 Å². The molecular formula is C53H84O9. The number of ether oxygens (including phenoxy) is 4. The van der Waals surface area contributed by atoms with Crippen LogP contribution in [0.5, 0.6) is 0 Å². The lowest BCUT2D eigenvalue weighted by Gasteiger charge is -2.39. The molecular weight excluding hydrogens is 781 g/mol. The Morgan fingerprint density at radius 2 is 0.935 bits per heavy atom. The first kappa shape index (κ1) is 56.6. The fourth-order valence-electron chi connectivity index (χ4n) is 6.25. The predicted octanol–water partition coefficient (Wildman–Crippen LogP) is 11.1. The van der Waals surface area contributed by atoms with Crippen LogP contribution in [0.4, 0.5) is 0 Å². The molecule has 0 aromatic rings. The second-order valence-electron chi connectivity index (χ2n) is 15.4. The van der Waals surface area contributed by atoms with Gasteiger partial charge in [-0.1, -0.05) is 155 Å². The number of aliphatic hydroxyl groups excluding tert-OH is 4. The Balaban J connectivity index is 2.30. The molecule has 0 aromatic carbocycles. The number of unbranched alkanes of at least 4 members (excludes halogenated alkanes) is 7. The Morgan fingerprint density at radius 1 is 0.516 bits per heavy atom. The van der Waals surface area contributed by atoms with Crippen LogP contribution in [-0.2, 0) is 23.7 Å². The summed E-state index contributed by atoms with van der Waals surface area (Å²) in [6.45, 7) is 4.20. The highest BCUT2D eigenvalue weighted by molar-refractivity contribution is 5.69. The van der Waals surface area contributed by atoms with Gasteiger partial charge in [-0.15, -0.1) is 0 Å². The summed E-state index contributed by atoms with van der Waals surface area (Å²) in [6.07, 6.45) is 55.1. The normalized spacial score (nSPS) is 20.9. The molecule has 0 aromatic heterocycles. The predicted molar refractivity (Wildman–Crippen MR) is 256 cm³/mol. The third-order valence-corrected chi connectivity index (χ3v) is 9.87. The molecule has 1 saturated heterocycles. The van der Waals surface area contributed by atoms with Gasteiger partial charge >= 0.3 is 5.97 Å². The molecule has 62 heavy (non-hydrogen) atoms. The number of allylic oxidation sites excluding steroid dienone is 20. The minimum atomic E-state index is -1.56. The highest BCUT2D eigenvalue weighted by atomic mass is 16.7. The maximum absolute atomic E-state index is 12.8. The fraction of sp³-hybridized carbons (Fsp3) is 0.604. The van der Waals surface area contributed by atoms with Crippen molar-refractivity contribution in [3.05, 3.63) is 122 Å². The van der Waals surface area contributed by atoms with Crippen LogP contribution in [0.1, 0.15) is 142 Å². The third kappa shape index (κ3) is 33.2. The first-order chi connectivity index (χ1) is 30.4. The van der Waals surface area contributed by atoms with Crippen LogP contribution >= 0.6 is 0 Å². The molecule has 9 heteroatoms. The molecule has 0 amide bonds. The van der Waals surface area contributed by atoms with E-state index < -0.39 is 43.4 Å². The summed E-state index contributed by atoms with van der Waals surface area (Å²) in [6, 6.07) is 0. The highest BCUT2D eigenvalue weighted by Gasteiger charge is 2.44. The van der Waals surface area contributed by atoms with Crippen LogP contribution < -0.4 is 0 Å². The number of hydrogen-bond acceptors (Lipinski definition) is 9. The van der Waals surface area contributed by atoms with Gasteiger partial charge in [0.1, 0.15) is 30.5 Å². The van der Waals surface area contributed by atoms with Crippen LogP contribution in [0.25, 0.3) is 0 Å². The van der Waals surface area contributed by atoms with Gasteiger partial charge in [0.2, 0.25) is 0 Å². The first-order valence-electron chi connectivity index (χ1n) is 23.6. The maximum atomic E-state index is 12.8. The Labute approximate surface area is 376 Å². The molecule has 0 spiro atoms. The van der Waals surface area contributed by atoms with Gasteiger partial charge in [0.15, 0.2) is 6.29 Å². The van der Waals surface area contributed by atoms with Gasteiger partial charge < -0.3 is 39.4 Å². The average Bonchev–Trinajstić information content (AvgIpc) is 3.27. The van der Waals surface area contributed by atoms with Crippen LogP contribution in [0.15, 0.2) is 122 Å². The summed E-state index contributed by atoms with van der Waals surface area (Å²) in [5, 5.41) is 40.1. The van der Waals surface area contributed by atoms with Crippen LogP contribution in [0.2, 0.25) is 0 Å². The van der Waals surface area contributed by atoms with Gasteiger partial charge in [-0.05, 0) is 103 Å². The molecule has 1 heterocycles. The lowest BCUT2D eigenvalue weighted by Crippen LogP contribution is -2.59. The van der Waals surface area contributed by atoms with E-state index in [0.29, 0.717) is 13.0 Å². The van der Waals surface area contributed by atoms with E-state index in [1.807, 2.05) is 0 Å². The molecule has 0 saturated carbocycles. The van der Waals surface area contributed by atoms with E-state index in [9.17, 15) is 25.2 Å². The zero-order valence-electron chi connectivity index (χ0n) is 38.3. The second kappa shape index (κ2) is 42.9. The smallest absolute Gasteiger partial charge is 0.306 e. The number of aliphatic hydroxyl groups is 4. The van der Waals surface area contributed by atoms with E-state index in [4.69, 9.17) is 18.9 Å². The number of rotatable bonds is 38. The standard InChI is InChI=1S/C53H84O9/c1-3-5-7-9-11-13-15-17-19-20-21-22-23-24-25-26-27-28-29-30-32-34-36-38-40-42-49(55)61-47(46-60-53-52(58)51(57)50(56)48(44-54)62-53)45-59-43-41-39-37-35-33-31-18-16-14-12-10-8-6-4-2/h5-8,11-14,17-19,21-22,24-25,27-28,30-32,47-48,50-54,56-58H,3-4,9-10,15-16,20,23,26,29,33-46H2,1-2H3/b7-5-,8-6-,13-11-,14-12-,19-17-,22-21-,25-24-,28-27-,31-18-,32-30-. The quantitative estimate of drug-likeness (QED) is 0.0272. The van der Waals surface area contributed by atoms with Crippen molar-refractivity contribution in [2.45, 2.75) is 179 Å². The SMILES string of the molecule is CC/C=C\C/C=C\C/C=C\C/C=C\C/C=C\C/C=C\C/C=C\CCCCCC(=O)OC(COCCCCCC/C=C\C/C=C\C/C=C\CC)COC1OC(CO)C(O)C(O)C1O. The number of carbonyl (C=O) groups excluding carboxylic acids is 1. The van der Waals surface area contributed by atoms with Gasteiger partial charge in [0.05, 0.1) is 19.8 Å². The van der Waals surface area contributed by atoms with Crippen LogP contribution in [0.3, 0.4) is 0 Å². The Morgan fingerprint density at radius 3 is 1.39 bits per heavy atom. The van der Waals surface area contributed by atoms with Crippen LogP contribution in [-0.4, -0.2) is 89.6 Å². The first-order valence-corrected chi connectivity index (χ1v) is 23.6. The molecule has 1 fully saturated rings. The monoisotopic (exact) mass is 865 g/mol. The molecule has 6 atom stereocenters. The largest absolute Gasteiger partial charge is 0.457 e. The summed E-state index contributed by atoms with van der Waals surface area (Å²) in [4.78, 5) is 12.8. The molecule has 350 valence electrons. The highest BCUT2D eigenvalue weighted by Crippen LogP contribution is 2.22. The van der Waals surface area contributed by atoms with Crippen molar-refractivity contribution in [3.63, 3.8) is 0 Å². The van der Waals surface area contributed by atoms with Crippen LogP contribution in [0, 0.1) is 0 Å². The Bertz CT molecular complexity index is 1350. The molecule has 1 rings (SSSR count). The zero-order chi connectivity index (χ0) is 45.0. The average molecular weight is 865 g/mol. The summed E-state index contributed by atoms with van der Waals surface area (Å²) in [5.74, 6) is -0.360.